The van der Waals surface area contributed by atoms with Gasteiger partial charge in [0.05, 0.1) is 53.6 Å². The van der Waals surface area contributed by atoms with Gasteiger partial charge in [0.25, 0.3) is 17.5 Å². The van der Waals surface area contributed by atoms with E-state index in [4.69, 9.17) is 9.47 Å². The van der Waals surface area contributed by atoms with Crippen molar-refractivity contribution in [3.8, 4) is 11.5 Å². The molecule has 14 heteroatoms. The Balaban J connectivity index is 1.14. The van der Waals surface area contributed by atoms with Crippen LogP contribution < -0.4 is 14.5 Å². The molecule has 12 nitrogen and oxygen atoms in total. The normalized spacial score (nSPS) is 24.4. The number of non-ortho nitro benzene ring substituents is 1. The summed E-state index contributed by atoms with van der Waals surface area (Å²) in [6.07, 6.45) is 0.259. The van der Waals surface area contributed by atoms with Crippen LogP contribution in [0.5, 0.6) is 11.5 Å². The van der Waals surface area contributed by atoms with Gasteiger partial charge in [-0.05, 0) is 74.0 Å². The lowest BCUT2D eigenvalue weighted by atomic mass is 9.82. The highest BCUT2D eigenvalue weighted by atomic mass is 28.4. The van der Waals surface area contributed by atoms with Crippen LogP contribution in [0.15, 0.2) is 91.0 Å². The van der Waals surface area contributed by atoms with Crippen molar-refractivity contribution in [3.05, 3.63) is 118 Å². The van der Waals surface area contributed by atoms with E-state index in [1.165, 1.54) is 36.2 Å². The molecule has 4 aliphatic heterocycles. The fourth-order valence-electron chi connectivity index (χ4n) is 9.15. The second kappa shape index (κ2) is 13.7. The number of halogens is 1. The average Bonchev–Trinajstić information content (AvgIpc) is 3.80. The van der Waals surface area contributed by atoms with Crippen LogP contribution in [0.3, 0.4) is 0 Å². The molecule has 284 valence electrons. The molecule has 3 amide bonds. The Kier molecular flexibility index (Phi) is 9.09. The third-order valence-corrected chi connectivity index (χ3v) is 14.1. The van der Waals surface area contributed by atoms with Gasteiger partial charge in [-0.25, -0.2) is 0 Å². The molecular weight excluding hydrogens is 724 g/mol. The van der Waals surface area contributed by atoms with Crippen LogP contribution in [0.1, 0.15) is 47.7 Å². The highest BCUT2D eigenvalue weighted by Crippen LogP contribution is 2.61. The molecule has 0 radical (unpaired) electrons. The van der Waals surface area contributed by atoms with Crippen molar-refractivity contribution in [1.82, 2.24) is 4.90 Å². The highest BCUT2D eigenvalue weighted by molar-refractivity contribution is 6.72. The number of anilines is 3. The second-order valence-electron chi connectivity index (χ2n) is 15.3. The molecular formula is C41H41FN4O8Si. The van der Waals surface area contributed by atoms with Crippen LogP contribution in [-0.2, 0) is 26.5 Å². The molecule has 0 aromatic heterocycles. The van der Waals surface area contributed by atoms with Crippen molar-refractivity contribution in [2.24, 2.45) is 5.92 Å². The first-order valence-corrected chi connectivity index (χ1v) is 21.5. The van der Waals surface area contributed by atoms with Crippen LogP contribution in [0.25, 0.3) is 0 Å². The van der Waals surface area contributed by atoms with Gasteiger partial charge in [0.1, 0.15) is 5.75 Å². The molecule has 1 N–H and O–H groups in total. The minimum Gasteiger partial charge on any atom is -0.454 e. The number of carbonyl (C=O) groups is 3. The summed E-state index contributed by atoms with van der Waals surface area (Å²) in [7, 11) is -3.63. The summed E-state index contributed by atoms with van der Waals surface area (Å²) < 4.78 is 29.2. The molecule has 5 atom stereocenters. The van der Waals surface area contributed by atoms with Crippen molar-refractivity contribution >= 4 is 48.9 Å². The van der Waals surface area contributed by atoms with Crippen LogP contribution in [0.2, 0.25) is 18.6 Å². The van der Waals surface area contributed by atoms with Crippen LogP contribution >= 0.6 is 0 Å². The van der Waals surface area contributed by atoms with E-state index in [0.717, 1.165) is 6.42 Å². The SMILES string of the molecule is C[C@H]1[C@H]([Si](C)(C)F)[C@@H](CC(=O)N2CCC[C@H]2CO)O[C@]12C(=O)N(Cc1ccc(N3C(=O)c4ccccc4Oc4ccccc43)cc1)c1ccc([N+](=O)[O-])cc12. The number of nitro groups is 1. The first-order valence-electron chi connectivity index (χ1n) is 18.5. The number of hydrogen-bond donors (Lipinski definition) is 1. The quantitative estimate of drug-likeness (QED) is 0.0848. The number of nitrogens with zero attached hydrogens (tertiary/aromatic N) is 4. The first-order chi connectivity index (χ1) is 26.3. The van der Waals surface area contributed by atoms with Gasteiger partial charge in [-0.3, -0.25) is 29.4 Å². The first kappa shape index (κ1) is 36.5. The number of aliphatic hydroxyl groups is 1. The van der Waals surface area contributed by atoms with E-state index in [2.05, 4.69) is 0 Å². The number of hydrogen-bond acceptors (Lipinski definition) is 8. The van der Waals surface area contributed by atoms with E-state index in [1.807, 2.05) is 12.1 Å². The Morgan fingerprint density at radius 3 is 2.42 bits per heavy atom. The zero-order valence-corrected chi connectivity index (χ0v) is 31.7. The molecule has 2 saturated heterocycles. The summed E-state index contributed by atoms with van der Waals surface area (Å²) in [5, 5.41) is 21.9. The number of ether oxygens (including phenoxy) is 2. The molecule has 55 heavy (non-hydrogen) atoms. The number of para-hydroxylation sites is 3. The summed E-state index contributed by atoms with van der Waals surface area (Å²) in [5.74, 6) is -0.842. The number of aliphatic hydroxyl groups excluding tert-OH is 1. The van der Waals surface area contributed by atoms with Crippen molar-refractivity contribution in [2.75, 3.05) is 23.0 Å². The van der Waals surface area contributed by atoms with E-state index in [-0.39, 0.29) is 48.7 Å². The number of nitro benzene ring substituents is 1. The fourth-order valence-corrected chi connectivity index (χ4v) is 11.6. The van der Waals surface area contributed by atoms with E-state index in [0.29, 0.717) is 52.7 Å². The highest BCUT2D eigenvalue weighted by Gasteiger charge is 2.67. The smallest absolute Gasteiger partial charge is 0.269 e. The number of fused-ring (bicyclic) bond motifs is 4. The molecule has 4 aromatic rings. The Morgan fingerprint density at radius 2 is 1.71 bits per heavy atom. The molecule has 0 aliphatic carbocycles. The lowest BCUT2D eigenvalue weighted by Gasteiger charge is -2.31. The maximum atomic E-state index is 16.4. The third-order valence-electron chi connectivity index (χ3n) is 11.6. The number of rotatable bonds is 8. The van der Waals surface area contributed by atoms with Gasteiger partial charge in [0, 0.05) is 41.4 Å². The summed E-state index contributed by atoms with van der Waals surface area (Å²) in [5.41, 5.74) is 0.110. The fraction of sp³-hybridized carbons (Fsp3) is 0.341. The molecule has 4 heterocycles. The van der Waals surface area contributed by atoms with Gasteiger partial charge in [-0.2, -0.15) is 0 Å². The molecule has 2 fully saturated rings. The van der Waals surface area contributed by atoms with Crippen molar-refractivity contribution < 1.29 is 38.0 Å². The predicted molar refractivity (Wildman–Crippen MR) is 205 cm³/mol. The van der Waals surface area contributed by atoms with E-state index < -0.39 is 42.4 Å². The zero-order chi connectivity index (χ0) is 38.8. The summed E-state index contributed by atoms with van der Waals surface area (Å²) in [6.45, 7) is 5.15. The Labute approximate surface area is 318 Å². The average molecular weight is 765 g/mol. The molecule has 1 spiro atoms. The molecule has 8 rings (SSSR count). The van der Waals surface area contributed by atoms with Gasteiger partial charge < -0.3 is 28.5 Å². The maximum Gasteiger partial charge on any atom is 0.269 e. The maximum absolute atomic E-state index is 16.4. The molecule has 0 unspecified atom stereocenters. The standard InChI is InChI=1S/C41H41FN4O8Si/c1-25-38(55(2,3)42)36(22-37(48)43-20-8-9-29(43)24-47)54-41(25)31-21-28(46(51)52)18-19-32(31)44(40(41)50)23-26-14-16-27(17-15-26)45-33-11-5-7-13-35(33)53-34-12-6-4-10-30(34)39(45)49/h4-7,10-19,21,25,29,36,38,47H,8-9,20,22-24H2,1-3H3/t25-,29-,36+,38-,41+/m0/s1. The zero-order valence-electron chi connectivity index (χ0n) is 30.7. The molecule has 4 aromatic carbocycles. The summed E-state index contributed by atoms with van der Waals surface area (Å²) in [4.78, 5) is 58.7. The molecule has 0 bridgehead atoms. The molecule has 0 saturated carbocycles. The lowest BCUT2D eigenvalue weighted by molar-refractivity contribution is -0.385. The Bertz CT molecular complexity index is 2210. The Hall–Kier alpha value is -5.44. The molecule has 4 aliphatic rings. The largest absolute Gasteiger partial charge is 0.454 e. The number of amides is 3. The van der Waals surface area contributed by atoms with E-state index >= 15 is 4.11 Å². The number of likely N-dealkylation sites (tertiary alicyclic amines) is 1. The summed E-state index contributed by atoms with van der Waals surface area (Å²) in [6, 6.07) is 25.3. The van der Waals surface area contributed by atoms with Gasteiger partial charge >= 0.3 is 0 Å². The predicted octanol–water partition coefficient (Wildman–Crippen LogP) is 7.37. The topological polar surface area (TPSA) is 143 Å². The monoisotopic (exact) mass is 764 g/mol. The van der Waals surface area contributed by atoms with Gasteiger partial charge in [-0.15, -0.1) is 0 Å². The minimum absolute atomic E-state index is 0.0505. The lowest BCUT2D eigenvalue weighted by Crippen LogP contribution is -2.45. The van der Waals surface area contributed by atoms with Crippen LogP contribution in [0.4, 0.5) is 26.9 Å². The number of benzene rings is 4. The summed E-state index contributed by atoms with van der Waals surface area (Å²) >= 11 is 0. The van der Waals surface area contributed by atoms with Gasteiger partial charge in [-0.1, -0.05) is 43.3 Å². The van der Waals surface area contributed by atoms with Gasteiger partial charge in [0.2, 0.25) is 14.3 Å². The van der Waals surface area contributed by atoms with Crippen LogP contribution in [-0.4, -0.2) is 66.4 Å². The van der Waals surface area contributed by atoms with Crippen molar-refractivity contribution in [3.63, 3.8) is 0 Å². The van der Waals surface area contributed by atoms with E-state index in [1.54, 1.807) is 77.4 Å². The Morgan fingerprint density at radius 1 is 1.00 bits per heavy atom. The minimum atomic E-state index is -3.63. The van der Waals surface area contributed by atoms with Crippen molar-refractivity contribution in [1.29, 1.82) is 0 Å². The third kappa shape index (κ3) is 5.99. The number of carbonyl (C=O) groups excluding carboxylic acids is 3. The van der Waals surface area contributed by atoms with E-state index in [9.17, 15) is 29.6 Å². The van der Waals surface area contributed by atoms with Crippen LogP contribution in [0, 0.1) is 16.0 Å². The van der Waals surface area contributed by atoms with Gasteiger partial charge in [0.15, 0.2) is 11.4 Å². The second-order valence-corrected chi connectivity index (χ2v) is 19.1. The van der Waals surface area contributed by atoms with Crippen molar-refractivity contribution in [2.45, 2.75) is 69.1 Å².